The quantitative estimate of drug-likeness (QED) is 0.636. The third kappa shape index (κ3) is 7.40. The molecule has 3 rings (SSSR count). The van der Waals surface area contributed by atoms with Gasteiger partial charge in [-0.15, -0.1) is 0 Å². The van der Waals surface area contributed by atoms with E-state index in [-0.39, 0.29) is 37.0 Å². The van der Waals surface area contributed by atoms with E-state index in [9.17, 15) is 14.4 Å². The standard InChI is InChI=1S/C24H27ClN2O4/c25-20-8-11-22(12-9-20)31-17-21(28)10-13-23(29)26-16-18-4-6-19(7-5-18)24(30)27-14-2-1-3-15-27/h4-9,11-12H,1-3,10,13-17H2,(H,26,29). The summed E-state index contributed by atoms with van der Waals surface area (Å²) >= 11 is 5.80. The van der Waals surface area contributed by atoms with E-state index in [1.807, 2.05) is 17.0 Å². The lowest BCUT2D eigenvalue weighted by molar-refractivity contribution is -0.126. The van der Waals surface area contributed by atoms with Crippen LogP contribution < -0.4 is 10.1 Å². The van der Waals surface area contributed by atoms with E-state index in [1.165, 1.54) is 6.42 Å². The molecule has 0 bridgehead atoms. The van der Waals surface area contributed by atoms with Crippen molar-refractivity contribution in [3.05, 3.63) is 64.7 Å². The summed E-state index contributed by atoms with van der Waals surface area (Å²) in [5, 5.41) is 3.40. The Morgan fingerprint density at radius 3 is 2.26 bits per heavy atom. The Bertz CT molecular complexity index is 891. The van der Waals surface area contributed by atoms with Gasteiger partial charge in [-0.25, -0.2) is 0 Å². The number of Topliss-reactive ketones (excluding diaryl/α,β-unsaturated/α-hetero) is 1. The van der Waals surface area contributed by atoms with E-state index >= 15 is 0 Å². The first-order chi connectivity index (χ1) is 15.0. The number of halogens is 1. The molecule has 0 radical (unpaired) electrons. The van der Waals surface area contributed by atoms with Gasteiger partial charge in [0.05, 0.1) is 0 Å². The van der Waals surface area contributed by atoms with E-state index in [4.69, 9.17) is 16.3 Å². The first-order valence-electron chi connectivity index (χ1n) is 10.6. The van der Waals surface area contributed by atoms with Gasteiger partial charge in [-0.1, -0.05) is 23.7 Å². The molecule has 1 fully saturated rings. The summed E-state index contributed by atoms with van der Waals surface area (Å²) in [5.41, 5.74) is 1.57. The number of carbonyl (C=O) groups excluding carboxylic acids is 3. The second kappa shape index (κ2) is 11.5. The van der Waals surface area contributed by atoms with E-state index in [0.717, 1.165) is 31.5 Å². The lowest BCUT2D eigenvalue weighted by atomic mass is 10.1. The molecule has 1 heterocycles. The van der Waals surface area contributed by atoms with E-state index in [1.54, 1.807) is 36.4 Å². The predicted molar refractivity (Wildman–Crippen MR) is 119 cm³/mol. The van der Waals surface area contributed by atoms with Gasteiger partial charge in [-0.05, 0) is 61.2 Å². The molecule has 1 saturated heterocycles. The van der Waals surface area contributed by atoms with Crippen molar-refractivity contribution in [2.75, 3.05) is 19.7 Å². The van der Waals surface area contributed by atoms with Gasteiger partial charge in [0.2, 0.25) is 5.91 Å². The summed E-state index contributed by atoms with van der Waals surface area (Å²) in [4.78, 5) is 38.4. The predicted octanol–water partition coefficient (Wildman–Crippen LogP) is 4.01. The van der Waals surface area contributed by atoms with Crippen LogP contribution in [0, 0.1) is 0 Å². The number of amides is 2. The van der Waals surface area contributed by atoms with Crippen molar-refractivity contribution in [1.82, 2.24) is 10.2 Å². The molecule has 2 amide bonds. The zero-order chi connectivity index (χ0) is 22.1. The number of hydrogen-bond donors (Lipinski definition) is 1. The molecule has 0 aliphatic carbocycles. The Balaban J connectivity index is 1.35. The van der Waals surface area contributed by atoms with E-state index in [2.05, 4.69) is 5.32 Å². The minimum Gasteiger partial charge on any atom is -0.486 e. The molecule has 1 aliphatic rings. The number of carbonyl (C=O) groups is 3. The van der Waals surface area contributed by atoms with Crippen molar-refractivity contribution in [2.24, 2.45) is 0 Å². The van der Waals surface area contributed by atoms with Crippen LogP contribution in [0.4, 0.5) is 0 Å². The van der Waals surface area contributed by atoms with Crippen molar-refractivity contribution >= 4 is 29.2 Å². The number of hydrogen-bond acceptors (Lipinski definition) is 4. The van der Waals surface area contributed by atoms with Crippen LogP contribution in [-0.4, -0.2) is 42.2 Å². The van der Waals surface area contributed by atoms with E-state index < -0.39 is 0 Å². The van der Waals surface area contributed by atoms with E-state index in [0.29, 0.717) is 22.9 Å². The van der Waals surface area contributed by atoms with Crippen LogP contribution in [-0.2, 0) is 16.1 Å². The zero-order valence-electron chi connectivity index (χ0n) is 17.4. The van der Waals surface area contributed by atoms with Gasteiger partial charge >= 0.3 is 0 Å². The molecule has 0 saturated carbocycles. The number of rotatable bonds is 9. The van der Waals surface area contributed by atoms with Gasteiger partial charge in [0.1, 0.15) is 12.4 Å². The topological polar surface area (TPSA) is 75.7 Å². The summed E-state index contributed by atoms with van der Waals surface area (Å²) in [5.74, 6) is 0.276. The first-order valence-corrected chi connectivity index (χ1v) is 10.9. The largest absolute Gasteiger partial charge is 0.486 e. The Morgan fingerprint density at radius 1 is 0.903 bits per heavy atom. The van der Waals surface area contributed by atoms with Crippen LogP contribution in [0.5, 0.6) is 5.75 Å². The summed E-state index contributed by atoms with van der Waals surface area (Å²) in [6.45, 7) is 1.91. The number of benzene rings is 2. The average molecular weight is 443 g/mol. The molecule has 0 spiro atoms. The highest BCUT2D eigenvalue weighted by atomic mass is 35.5. The van der Waals surface area contributed by atoms with Crippen molar-refractivity contribution in [3.63, 3.8) is 0 Å². The number of ketones is 1. The van der Waals surface area contributed by atoms with Crippen LogP contribution in [0.2, 0.25) is 5.02 Å². The number of likely N-dealkylation sites (tertiary alicyclic amines) is 1. The SMILES string of the molecule is O=C(CCC(=O)NCc1ccc(C(=O)N2CCCCC2)cc1)COc1ccc(Cl)cc1. The number of ether oxygens (including phenoxy) is 1. The fourth-order valence-corrected chi connectivity index (χ4v) is 3.48. The van der Waals surface area contributed by atoms with Gasteiger partial charge in [0.25, 0.3) is 5.91 Å². The van der Waals surface area contributed by atoms with Crippen LogP contribution in [0.25, 0.3) is 0 Å². The van der Waals surface area contributed by atoms with Crippen LogP contribution >= 0.6 is 11.6 Å². The van der Waals surface area contributed by atoms with Crippen LogP contribution in [0.1, 0.15) is 48.0 Å². The highest BCUT2D eigenvalue weighted by Gasteiger charge is 2.17. The minimum atomic E-state index is -0.201. The maximum atomic E-state index is 12.5. The number of piperidine rings is 1. The van der Waals surface area contributed by atoms with Crippen molar-refractivity contribution < 1.29 is 19.1 Å². The normalized spacial score (nSPS) is 13.5. The monoisotopic (exact) mass is 442 g/mol. The highest BCUT2D eigenvalue weighted by molar-refractivity contribution is 6.30. The second-order valence-corrected chi connectivity index (χ2v) is 8.04. The molecule has 1 N–H and O–H groups in total. The number of nitrogens with one attached hydrogen (secondary N) is 1. The molecule has 2 aromatic rings. The molecule has 2 aromatic carbocycles. The maximum absolute atomic E-state index is 12.5. The first kappa shape index (κ1) is 22.8. The Hall–Kier alpha value is -2.86. The fourth-order valence-electron chi connectivity index (χ4n) is 3.35. The Kier molecular flexibility index (Phi) is 8.47. The maximum Gasteiger partial charge on any atom is 0.253 e. The van der Waals surface area contributed by atoms with Crippen molar-refractivity contribution in [3.8, 4) is 5.75 Å². The summed E-state index contributed by atoms with van der Waals surface area (Å²) in [7, 11) is 0. The minimum absolute atomic E-state index is 0.0645. The fraction of sp³-hybridized carbons (Fsp3) is 0.375. The van der Waals surface area contributed by atoms with Crippen molar-refractivity contribution in [2.45, 2.75) is 38.6 Å². The molecule has 6 nitrogen and oxygen atoms in total. The molecule has 0 unspecified atom stereocenters. The summed E-state index contributed by atoms with van der Waals surface area (Å²) < 4.78 is 5.39. The molecule has 7 heteroatoms. The third-order valence-corrected chi connectivity index (χ3v) is 5.43. The van der Waals surface area contributed by atoms with Crippen LogP contribution in [0.15, 0.2) is 48.5 Å². The molecule has 0 atom stereocenters. The smallest absolute Gasteiger partial charge is 0.253 e. The lowest BCUT2D eigenvalue weighted by Gasteiger charge is -2.26. The summed E-state index contributed by atoms with van der Waals surface area (Å²) in [6.07, 6.45) is 3.53. The van der Waals surface area contributed by atoms with Gasteiger partial charge in [-0.3, -0.25) is 14.4 Å². The zero-order valence-corrected chi connectivity index (χ0v) is 18.2. The number of nitrogens with zero attached hydrogens (tertiary/aromatic N) is 1. The molecule has 31 heavy (non-hydrogen) atoms. The van der Waals surface area contributed by atoms with Gasteiger partial charge in [-0.2, -0.15) is 0 Å². The Morgan fingerprint density at radius 2 is 1.58 bits per heavy atom. The van der Waals surface area contributed by atoms with Gasteiger partial charge in [0.15, 0.2) is 5.78 Å². The third-order valence-electron chi connectivity index (χ3n) is 5.18. The molecule has 0 aromatic heterocycles. The lowest BCUT2D eigenvalue weighted by Crippen LogP contribution is -2.35. The highest BCUT2D eigenvalue weighted by Crippen LogP contribution is 2.16. The average Bonchev–Trinajstić information content (AvgIpc) is 2.81. The Labute approximate surface area is 187 Å². The second-order valence-electron chi connectivity index (χ2n) is 7.61. The molecule has 1 aliphatic heterocycles. The molecule has 164 valence electrons. The molecular weight excluding hydrogens is 416 g/mol. The van der Waals surface area contributed by atoms with Gasteiger partial charge < -0.3 is 15.0 Å². The summed E-state index contributed by atoms with van der Waals surface area (Å²) in [6, 6.07) is 14.1. The van der Waals surface area contributed by atoms with Crippen molar-refractivity contribution in [1.29, 1.82) is 0 Å². The van der Waals surface area contributed by atoms with Gasteiger partial charge in [0, 0.05) is 43.1 Å². The van der Waals surface area contributed by atoms with Crippen LogP contribution in [0.3, 0.4) is 0 Å². The molecular formula is C24H27ClN2O4.